The largest absolute Gasteiger partial charge is 0.418 e. The maximum Gasteiger partial charge on any atom is 0.418 e. The fourth-order valence-electron chi connectivity index (χ4n) is 2.44. The zero-order valence-electron chi connectivity index (χ0n) is 12.1. The molecular formula is C16H11F3N2O2S. The van der Waals surface area contributed by atoms with Crippen molar-refractivity contribution in [2.75, 3.05) is 5.73 Å². The molecule has 8 heteroatoms. The SMILES string of the molecule is Nc1c(C(F)(F)F)cccc1S(=O)(=O)c1cccc2cccnc12. The van der Waals surface area contributed by atoms with Gasteiger partial charge in [-0.2, -0.15) is 13.2 Å². The highest BCUT2D eigenvalue weighted by Gasteiger charge is 2.36. The minimum absolute atomic E-state index is 0.178. The molecule has 0 unspecified atom stereocenters. The van der Waals surface area contributed by atoms with Gasteiger partial charge in [-0.15, -0.1) is 0 Å². The van der Waals surface area contributed by atoms with E-state index in [0.717, 1.165) is 18.2 Å². The van der Waals surface area contributed by atoms with Gasteiger partial charge in [0.05, 0.1) is 26.6 Å². The van der Waals surface area contributed by atoms with Crippen LogP contribution in [-0.4, -0.2) is 13.4 Å². The second kappa shape index (κ2) is 5.48. The van der Waals surface area contributed by atoms with Crippen molar-refractivity contribution < 1.29 is 21.6 Å². The molecule has 0 atom stereocenters. The first-order valence-electron chi connectivity index (χ1n) is 6.77. The number of pyridine rings is 1. The van der Waals surface area contributed by atoms with Crippen LogP contribution in [0.3, 0.4) is 0 Å². The number of fused-ring (bicyclic) bond motifs is 1. The van der Waals surface area contributed by atoms with Gasteiger partial charge < -0.3 is 5.73 Å². The molecule has 0 aliphatic carbocycles. The quantitative estimate of drug-likeness (QED) is 0.714. The van der Waals surface area contributed by atoms with Gasteiger partial charge in [-0.25, -0.2) is 8.42 Å². The van der Waals surface area contributed by atoms with Gasteiger partial charge in [0.2, 0.25) is 9.84 Å². The Kier molecular flexibility index (Phi) is 3.71. The normalized spacial score (nSPS) is 12.5. The summed E-state index contributed by atoms with van der Waals surface area (Å²) in [6, 6.07) is 10.6. The minimum Gasteiger partial charge on any atom is -0.397 e. The standard InChI is InChI=1S/C16H11F3N2O2S/c17-16(18,19)11-6-2-7-12(14(11)20)24(22,23)13-8-1-4-10-5-3-9-21-15(10)13/h1-9H,20H2. The highest BCUT2D eigenvalue weighted by Crippen LogP contribution is 2.38. The topological polar surface area (TPSA) is 73.1 Å². The summed E-state index contributed by atoms with van der Waals surface area (Å²) in [6.07, 6.45) is -3.33. The molecule has 0 saturated carbocycles. The molecule has 0 bridgehead atoms. The molecule has 4 nitrogen and oxygen atoms in total. The number of halogens is 3. The molecule has 0 amide bonds. The van der Waals surface area contributed by atoms with Gasteiger partial charge in [-0.1, -0.05) is 24.3 Å². The third kappa shape index (κ3) is 2.58. The molecule has 0 spiro atoms. The Morgan fingerprint density at radius 2 is 1.54 bits per heavy atom. The fourth-order valence-corrected chi connectivity index (χ4v) is 4.01. The highest BCUT2D eigenvalue weighted by atomic mass is 32.2. The zero-order valence-corrected chi connectivity index (χ0v) is 12.9. The average Bonchev–Trinajstić information content (AvgIpc) is 2.53. The minimum atomic E-state index is -4.74. The third-order valence-electron chi connectivity index (χ3n) is 3.55. The fraction of sp³-hybridized carbons (Fsp3) is 0.0625. The van der Waals surface area contributed by atoms with E-state index >= 15 is 0 Å². The van der Waals surface area contributed by atoms with Crippen molar-refractivity contribution in [2.45, 2.75) is 16.0 Å². The van der Waals surface area contributed by atoms with Crippen LogP contribution in [-0.2, 0) is 16.0 Å². The molecule has 2 N–H and O–H groups in total. The molecule has 0 aliphatic rings. The smallest absolute Gasteiger partial charge is 0.397 e. The Bertz CT molecular complexity index is 1030. The van der Waals surface area contributed by atoms with Gasteiger partial charge >= 0.3 is 6.18 Å². The molecule has 2 aromatic carbocycles. The first-order chi connectivity index (χ1) is 11.2. The van der Waals surface area contributed by atoms with Gasteiger partial charge in [-0.3, -0.25) is 4.98 Å². The van der Waals surface area contributed by atoms with Crippen LogP contribution in [0.1, 0.15) is 5.56 Å². The summed E-state index contributed by atoms with van der Waals surface area (Å²) in [4.78, 5) is 3.26. The summed E-state index contributed by atoms with van der Waals surface area (Å²) < 4.78 is 64.7. The maximum atomic E-state index is 13.0. The van der Waals surface area contributed by atoms with Crippen LogP contribution in [0.4, 0.5) is 18.9 Å². The van der Waals surface area contributed by atoms with Crippen molar-refractivity contribution in [3.63, 3.8) is 0 Å². The molecule has 0 radical (unpaired) electrons. The second-order valence-electron chi connectivity index (χ2n) is 5.05. The third-order valence-corrected chi connectivity index (χ3v) is 5.39. The number of nitrogens with zero attached hydrogens (tertiary/aromatic N) is 1. The molecular weight excluding hydrogens is 341 g/mol. The first-order valence-corrected chi connectivity index (χ1v) is 8.26. The number of hydrogen-bond donors (Lipinski definition) is 1. The molecule has 24 heavy (non-hydrogen) atoms. The monoisotopic (exact) mass is 352 g/mol. The predicted molar refractivity (Wildman–Crippen MR) is 83.1 cm³/mol. The number of nitrogen functional groups attached to an aromatic ring is 1. The van der Waals surface area contributed by atoms with E-state index in [1.54, 1.807) is 18.2 Å². The number of alkyl halides is 3. The van der Waals surface area contributed by atoms with Gasteiger partial charge in [0.15, 0.2) is 0 Å². The number of nitrogens with two attached hydrogens (primary N) is 1. The van der Waals surface area contributed by atoms with Crippen LogP contribution in [0.5, 0.6) is 0 Å². The number of sulfone groups is 1. The molecule has 3 rings (SSSR count). The summed E-state index contributed by atoms with van der Waals surface area (Å²) >= 11 is 0. The lowest BCUT2D eigenvalue weighted by molar-refractivity contribution is -0.137. The molecule has 1 heterocycles. The van der Waals surface area contributed by atoms with E-state index in [4.69, 9.17) is 5.73 Å². The predicted octanol–water partition coefficient (Wildman–Crippen LogP) is 3.67. The van der Waals surface area contributed by atoms with Crippen LogP contribution in [0, 0.1) is 0 Å². The maximum absolute atomic E-state index is 13.0. The molecule has 3 aromatic rings. The highest BCUT2D eigenvalue weighted by molar-refractivity contribution is 7.91. The molecule has 0 aliphatic heterocycles. The van der Waals surface area contributed by atoms with E-state index in [9.17, 15) is 21.6 Å². The van der Waals surface area contributed by atoms with E-state index in [1.165, 1.54) is 18.3 Å². The lowest BCUT2D eigenvalue weighted by Crippen LogP contribution is -2.13. The van der Waals surface area contributed by atoms with Crippen molar-refractivity contribution in [1.29, 1.82) is 0 Å². The van der Waals surface area contributed by atoms with Crippen molar-refractivity contribution >= 4 is 26.4 Å². The van der Waals surface area contributed by atoms with E-state index in [2.05, 4.69) is 4.98 Å². The van der Waals surface area contributed by atoms with E-state index in [1.807, 2.05) is 0 Å². The Morgan fingerprint density at radius 1 is 0.917 bits per heavy atom. The summed E-state index contributed by atoms with van der Waals surface area (Å²) in [7, 11) is -4.27. The van der Waals surface area contributed by atoms with Gasteiger partial charge in [0.1, 0.15) is 0 Å². The van der Waals surface area contributed by atoms with Crippen LogP contribution < -0.4 is 5.73 Å². The van der Waals surface area contributed by atoms with Gasteiger partial charge in [0, 0.05) is 11.6 Å². The van der Waals surface area contributed by atoms with Crippen LogP contribution in [0.15, 0.2) is 64.5 Å². The van der Waals surface area contributed by atoms with Gasteiger partial charge in [-0.05, 0) is 24.3 Å². The lowest BCUT2D eigenvalue weighted by atomic mass is 10.2. The summed E-state index contributed by atoms with van der Waals surface area (Å²) in [6.45, 7) is 0. The Morgan fingerprint density at radius 3 is 2.25 bits per heavy atom. The molecule has 124 valence electrons. The lowest BCUT2D eigenvalue weighted by Gasteiger charge is -2.14. The average molecular weight is 352 g/mol. The number of aromatic nitrogens is 1. The summed E-state index contributed by atoms with van der Waals surface area (Å²) in [5, 5.41) is 0.559. The molecule has 0 saturated heterocycles. The van der Waals surface area contributed by atoms with E-state index in [0.29, 0.717) is 5.39 Å². The van der Waals surface area contributed by atoms with Crippen LogP contribution in [0.2, 0.25) is 0 Å². The van der Waals surface area contributed by atoms with E-state index < -0.39 is 32.2 Å². The van der Waals surface area contributed by atoms with Crippen molar-refractivity contribution in [1.82, 2.24) is 4.98 Å². The zero-order chi connectivity index (χ0) is 17.5. The Labute approximate surface area is 135 Å². The molecule has 1 aromatic heterocycles. The van der Waals surface area contributed by atoms with Crippen molar-refractivity contribution in [3.8, 4) is 0 Å². The van der Waals surface area contributed by atoms with E-state index in [-0.39, 0.29) is 10.4 Å². The molecule has 0 fully saturated rings. The Balaban J connectivity index is 2.29. The van der Waals surface area contributed by atoms with Crippen LogP contribution in [0.25, 0.3) is 10.9 Å². The van der Waals surface area contributed by atoms with Gasteiger partial charge in [0.25, 0.3) is 0 Å². The number of para-hydroxylation sites is 2. The second-order valence-corrected chi connectivity index (χ2v) is 6.94. The van der Waals surface area contributed by atoms with Crippen LogP contribution >= 0.6 is 0 Å². The summed E-state index contributed by atoms with van der Waals surface area (Å²) in [5.74, 6) is 0. The number of hydrogen-bond acceptors (Lipinski definition) is 4. The van der Waals surface area contributed by atoms with Crippen molar-refractivity contribution in [3.05, 3.63) is 60.3 Å². The number of benzene rings is 2. The Hall–Kier alpha value is -2.61. The summed E-state index contributed by atoms with van der Waals surface area (Å²) in [5.41, 5.74) is 3.69. The van der Waals surface area contributed by atoms with Crippen molar-refractivity contribution in [2.24, 2.45) is 0 Å². The first kappa shape index (κ1) is 16.3. The number of anilines is 1. The number of rotatable bonds is 2.